The highest BCUT2D eigenvalue weighted by Gasteiger charge is 1.92. The molecule has 0 aliphatic heterocycles. The van der Waals surface area contributed by atoms with Gasteiger partial charge in [-0.1, -0.05) is 24.8 Å². The Hall–Kier alpha value is -0.700. The SMILES string of the molecule is CC#C/C(C)=C(/C)CCCC. The Balaban J connectivity index is 4.01. The first-order valence-corrected chi connectivity index (χ1v) is 4.31. The molecule has 62 valence electrons. The molecule has 0 atom stereocenters. The minimum Gasteiger partial charge on any atom is -0.102 e. The van der Waals surface area contributed by atoms with Crippen molar-refractivity contribution >= 4 is 0 Å². The van der Waals surface area contributed by atoms with Crippen LogP contribution in [0, 0.1) is 11.8 Å². The van der Waals surface area contributed by atoms with E-state index in [4.69, 9.17) is 0 Å². The topological polar surface area (TPSA) is 0 Å². The van der Waals surface area contributed by atoms with Crippen LogP contribution in [0.15, 0.2) is 11.1 Å². The number of allylic oxidation sites excluding steroid dienone is 2. The molecule has 0 amide bonds. The summed E-state index contributed by atoms with van der Waals surface area (Å²) in [6, 6.07) is 0. The molecule has 0 aromatic heterocycles. The second-order valence-electron chi connectivity index (χ2n) is 2.88. The number of rotatable bonds is 3. The van der Waals surface area contributed by atoms with Gasteiger partial charge >= 0.3 is 0 Å². The van der Waals surface area contributed by atoms with Crippen molar-refractivity contribution in [3.8, 4) is 11.8 Å². The van der Waals surface area contributed by atoms with Gasteiger partial charge in [-0.15, -0.1) is 5.92 Å². The van der Waals surface area contributed by atoms with Gasteiger partial charge in [-0.2, -0.15) is 0 Å². The van der Waals surface area contributed by atoms with Gasteiger partial charge in [0.05, 0.1) is 0 Å². The molecule has 0 N–H and O–H groups in total. The second kappa shape index (κ2) is 6.04. The van der Waals surface area contributed by atoms with Crippen molar-refractivity contribution in [1.29, 1.82) is 0 Å². The molecule has 0 aliphatic carbocycles. The lowest BCUT2D eigenvalue weighted by atomic mass is 10.1. The van der Waals surface area contributed by atoms with E-state index in [0.29, 0.717) is 0 Å². The van der Waals surface area contributed by atoms with Crippen molar-refractivity contribution in [3.05, 3.63) is 11.1 Å². The Labute approximate surface area is 70.7 Å². The monoisotopic (exact) mass is 150 g/mol. The third-order valence-corrected chi connectivity index (χ3v) is 1.86. The lowest BCUT2D eigenvalue weighted by Gasteiger charge is -2.00. The zero-order valence-electron chi connectivity index (χ0n) is 8.12. The Morgan fingerprint density at radius 3 is 2.36 bits per heavy atom. The summed E-state index contributed by atoms with van der Waals surface area (Å²) in [5, 5.41) is 0. The fourth-order valence-electron chi connectivity index (χ4n) is 0.924. The summed E-state index contributed by atoms with van der Waals surface area (Å²) in [7, 11) is 0. The van der Waals surface area contributed by atoms with E-state index >= 15 is 0 Å². The minimum absolute atomic E-state index is 1.21. The van der Waals surface area contributed by atoms with Crippen LogP contribution >= 0.6 is 0 Å². The standard InChI is InChI=1S/C11H18/c1-5-7-9-11(4)10(3)8-6-2/h5,7,9H2,1-4H3/b11-10-. The molecule has 0 saturated carbocycles. The quantitative estimate of drug-likeness (QED) is 0.540. The largest absolute Gasteiger partial charge is 0.102 e. The van der Waals surface area contributed by atoms with Crippen molar-refractivity contribution in [2.24, 2.45) is 0 Å². The van der Waals surface area contributed by atoms with E-state index in [9.17, 15) is 0 Å². The number of hydrogen-bond donors (Lipinski definition) is 0. The summed E-state index contributed by atoms with van der Waals surface area (Å²) in [5.74, 6) is 6.00. The van der Waals surface area contributed by atoms with Crippen molar-refractivity contribution in [2.45, 2.75) is 47.0 Å². The highest BCUT2D eigenvalue weighted by Crippen LogP contribution is 2.10. The highest BCUT2D eigenvalue weighted by atomic mass is 14.0. The molecule has 0 bridgehead atoms. The van der Waals surface area contributed by atoms with Gasteiger partial charge in [0.1, 0.15) is 0 Å². The molecule has 0 saturated heterocycles. The Morgan fingerprint density at radius 2 is 1.91 bits per heavy atom. The summed E-state index contributed by atoms with van der Waals surface area (Å²) >= 11 is 0. The van der Waals surface area contributed by atoms with Gasteiger partial charge in [0.25, 0.3) is 0 Å². The van der Waals surface area contributed by atoms with Gasteiger partial charge in [0, 0.05) is 0 Å². The fraction of sp³-hybridized carbons (Fsp3) is 0.636. The van der Waals surface area contributed by atoms with Crippen LogP contribution in [0.4, 0.5) is 0 Å². The molecule has 0 heteroatoms. The maximum atomic E-state index is 3.08. The van der Waals surface area contributed by atoms with Gasteiger partial charge in [0.2, 0.25) is 0 Å². The van der Waals surface area contributed by atoms with E-state index in [1.807, 2.05) is 6.92 Å². The van der Waals surface area contributed by atoms with Crippen molar-refractivity contribution < 1.29 is 0 Å². The summed E-state index contributed by atoms with van der Waals surface area (Å²) < 4.78 is 0. The molecule has 0 aromatic rings. The number of unbranched alkanes of at least 4 members (excludes halogenated alkanes) is 1. The van der Waals surface area contributed by atoms with E-state index < -0.39 is 0 Å². The third kappa shape index (κ3) is 4.67. The lowest BCUT2D eigenvalue weighted by molar-refractivity contribution is 0.783. The molecular weight excluding hydrogens is 132 g/mol. The maximum Gasteiger partial charge on any atom is -0.00217 e. The molecule has 0 rings (SSSR count). The molecule has 0 spiro atoms. The van der Waals surface area contributed by atoms with Gasteiger partial charge in [-0.25, -0.2) is 0 Å². The smallest absolute Gasteiger partial charge is 0.00217 e. The summed E-state index contributed by atoms with van der Waals surface area (Å²) in [5.41, 5.74) is 2.70. The van der Waals surface area contributed by atoms with E-state index in [0.717, 1.165) is 0 Å². The summed E-state index contributed by atoms with van der Waals surface area (Å²) in [4.78, 5) is 0. The number of hydrogen-bond acceptors (Lipinski definition) is 0. The fourth-order valence-corrected chi connectivity index (χ4v) is 0.924. The van der Waals surface area contributed by atoms with Gasteiger partial charge in [0.15, 0.2) is 0 Å². The van der Waals surface area contributed by atoms with E-state index in [1.165, 1.54) is 30.4 Å². The van der Waals surface area contributed by atoms with Gasteiger partial charge < -0.3 is 0 Å². The van der Waals surface area contributed by atoms with Crippen LogP contribution in [0.2, 0.25) is 0 Å². The molecule has 0 heterocycles. The summed E-state index contributed by atoms with van der Waals surface area (Å²) in [6.45, 7) is 8.38. The predicted molar refractivity (Wildman–Crippen MR) is 51.3 cm³/mol. The van der Waals surface area contributed by atoms with Crippen LogP contribution in [-0.4, -0.2) is 0 Å². The Kier molecular flexibility index (Phi) is 5.65. The first-order chi connectivity index (χ1) is 5.22. The molecule has 0 aromatic carbocycles. The maximum absolute atomic E-state index is 3.08. The average molecular weight is 150 g/mol. The van der Waals surface area contributed by atoms with Crippen LogP contribution in [0.3, 0.4) is 0 Å². The molecule has 0 radical (unpaired) electrons. The second-order valence-corrected chi connectivity index (χ2v) is 2.88. The normalized spacial score (nSPS) is 11.6. The molecule has 0 fully saturated rings. The van der Waals surface area contributed by atoms with Gasteiger partial charge in [-0.05, 0) is 39.2 Å². The average Bonchev–Trinajstić information content (AvgIpc) is 2.00. The first-order valence-electron chi connectivity index (χ1n) is 4.31. The van der Waals surface area contributed by atoms with Crippen LogP contribution in [0.25, 0.3) is 0 Å². The van der Waals surface area contributed by atoms with Crippen molar-refractivity contribution in [2.75, 3.05) is 0 Å². The molecule has 11 heavy (non-hydrogen) atoms. The highest BCUT2D eigenvalue weighted by molar-refractivity contribution is 5.30. The van der Waals surface area contributed by atoms with Crippen LogP contribution in [0.5, 0.6) is 0 Å². The first kappa shape index (κ1) is 10.3. The predicted octanol–water partition coefficient (Wildman–Crippen LogP) is 3.54. The Morgan fingerprint density at radius 1 is 1.27 bits per heavy atom. The molecule has 0 nitrogen and oxygen atoms in total. The molecular formula is C11H18. The van der Waals surface area contributed by atoms with Crippen LogP contribution in [0.1, 0.15) is 47.0 Å². The zero-order valence-corrected chi connectivity index (χ0v) is 8.12. The Bertz CT molecular complexity index is 186. The van der Waals surface area contributed by atoms with Gasteiger partial charge in [-0.3, -0.25) is 0 Å². The minimum atomic E-state index is 1.21. The van der Waals surface area contributed by atoms with Crippen molar-refractivity contribution in [3.63, 3.8) is 0 Å². The van der Waals surface area contributed by atoms with Crippen LogP contribution in [-0.2, 0) is 0 Å². The molecule has 0 aliphatic rings. The summed E-state index contributed by atoms with van der Waals surface area (Å²) in [6.07, 6.45) is 3.76. The van der Waals surface area contributed by atoms with E-state index in [2.05, 4.69) is 32.6 Å². The third-order valence-electron chi connectivity index (χ3n) is 1.86. The van der Waals surface area contributed by atoms with E-state index in [1.54, 1.807) is 0 Å². The van der Waals surface area contributed by atoms with Crippen molar-refractivity contribution in [1.82, 2.24) is 0 Å². The zero-order chi connectivity index (χ0) is 8.69. The van der Waals surface area contributed by atoms with Crippen LogP contribution < -0.4 is 0 Å². The lowest BCUT2D eigenvalue weighted by Crippen LogP contribution is -1.82. The van der Waals surface area contributed by atoms with E-state index in [-0.39, 0.29) is 0 Å². The molecule has 0 unspecified atom stereocenters.